The van der Waals surface area contributed by atoms with Gasteiger partial charge in [0.2, 0.25) is 0 Å². The Hall–Kier alpha value is -0.340. The third kappa shape index (κ3) is 4.25. The van der Waals surface area contributed by atoms with E-state index in [4.69, 9.17) is 5.73 Å². The molecule has 2 heteroatoms. The van der Waals surface area contributed by atoms with Crippen molar-refractivity contribution >= 4 is 0 Å². The molecule has 14 heavy (non-hydrogen) atoms. The molecule has 0 radical (unpaired) electrons. The molecule has 0 aromatic rings. The Morgan fingerprint density at radius 3 is 2.50 bits per heavy atom. The molecule has 1 aliphatic heterocycles. The molecule has 0 amide bonds. The maximum atomic E-state index is 5.57. The Labute approximate surface area is 88.2 Å². The highest BCUT2D eigenvalue weighted by atomic mass is 15.1. The third-order valence-electron chi connectivity index (χ3n) is 3.04. The van der Waals surface area contributed by atoms with Crippen molar-refractivity contribution < 1.29 is 0 Å². The standard InChI is InChI=1S/C12H24N2/c1-11(2)4-8-14-9-5-12(3-7-13)6-10-14/h4,12H,3,5-10,13H2,1-2H3. The summed E-state index contributed by atoms with van der Waals surface area (Å²) in [6, 6.07) is 0. The van der Waals surface area contributed by atoms with Crippen LogP contribution in [0.1, 0.15) is 33.1 Å². The van der Waals surface area contributed by atoms with E-state index in [1.807, 2.05) is 0 Å². The van der Waals surface area contributed by atoms with Crippen LogP contribution < -0.4 is 5.73 Å². The summed E-state index contributed by atoms with van der Waals surface area (Å²) in [5.74, 6) is 0.892. The van der Waals surface area contributed by atoms with Gasteiger partial charge in [0.05, 0.1) is 0 Å². The predicted octanol–water partition coefficient (Wildman–Crippen LogP) is 2.01. The molecule has 0 aromatic carbocycles. The van der Waals surface area contributed by atoms with Crippen molar-refractivity contribution in [2.24, 2.45) is 11.7 Å². The Kier molecular flexibility index (Phi) is 5.20. The smallest absolute Gasteiger partial charge is 0.0165 e. The average molecular weight is 196 g/mol. The van der Waals surface area contributed by atoms with Crippen molar-refractivity contribution in [2.75, 3.05) is 26.2 Å². The molecule has 0 spiro atoms. The van der Waals surface area contributed by atoms with Crippen LogP contribution in [0.2, 0.25) is 0 Å². The van der Waals surface area contributed by atoms with Gasteiger partial charge in [0, 0.05) is 6.54 Å². The number of hydrogen-bond acceptors (Lipinski definition) is 2. The summed E-state index contributed by atoms with van der Waals surface area (Å²) in [7, 11) is 0. The van der Waals surface area contributed by atoms with Crippen LogP contribution in [0.5, 0.6) is 0 Å². The number of nitrogens with zero attached hydrogens (tertiary/aromatic N) is 1. The Balaban J connectivity index is 2.19. The second-order valence-electron chi connectivity index (χ2n) is 4.60. The van der Waals surface area contributed by atoms with E-state index in [-0.39, 0.29) is 0 Å². The van der Waals surface area contributed by atoms with Crippen LogP contribution in [0, 0.1) is 5.92 Å². The van der Waals surface area contributed by atoms with E-state index >= 15 is 0 Å². The Morgan fingerprint density at radius 2 is 2.00 bits per heavy atom. The van der Waals surface area contributed by atoms with Crippen molar-refractivity contribution in [2.45, 2.75) is 33.1 Å². The summed E-state index contributed by atoms with van der Waals surface area (Å²) in [4.78, 5) is 2.54. The molecule has 1 rings (SSSR count). The van der Waals surface area contributed by atoms with Gasteiger partial charge in [-0.15, -0.1) is 0 Å². The van der Waals surface area contributed by atoms with Crippen LogP contribution >= 0.6 is 0 Å². The molecule has 2 nitrogen and oxygen atoms in total. The maximum absolute atomic E-state index is 5.57. The van der Waals surface area contributed by atoms with Crippen molar-refractivity contribution in [3.05, 3.63) is 11.6 Å². The number of hydrogen-bond donors (Lipinski definition) is 1. The molecule has 1 heterocycles. The zero-order valence-corrected chi connectivity index (χ0v) is 9.63. The molecule has 0 saturated carbocycles. The van der Waals surface area contributed by atoms with E-state index < -0.39 is 0 Å². The van der Waals surface area contributed by atoms with E-state index in [1.54, 1.807) is 0 Å². The Bertz CT molecular complexity index is 175. The minimum absolute atomic E-state index is 0.860. The van der Waals surface area contributed by atoms with Gasteiger partial charge in [-0.2, -0.15) is 0 Å². The quantitative estimate of drug-likeness (QED) is 0.697. The first kappa shape index (κ1) is 11.7. The number of piperidine rings is 1. The lowest BCUT2D eigenvalue weighted by atomic mass is 9.94. The molecule has 0 atom stereocenters. The van der Waals surface area contributed by atoms with Gasteiger partial charge in [-0.3, -0.25) is 4.90 Å². The normalized spacial score (nSPS) is 19.6. The summed E-state index contributed by atoms with van der Waals surface area (Å²) in [6.07, 6.45) is 6.22. The van der Waals surface area contributed by atoms with Crippen molar-refractivity contribution in [3.63, 3.8) is 0 Å². The first-order valence-corrected chi connectivity index (χ1v) is 5.78. The molecule has 0 aromatic heterocycles. The fourth-order valence-corrected chi connectivity index (χ4v) is 2.01. The molecule has 0 unspecified atom stereocenters. The summed E-state index contributed by atoms with van der Waals surface area (Å²) in [6.45, 7) is 8.85. The zero-order chi connectivity index (χ0) is 10.4. The molecule has 1 saturated heterocycles. The summed E-state index contributed by atoms with van der Waals surface area (Å²) in [5.41, 5.74) is 6.99. The minimum atomic E-state index is 0.860. The third-order valence-corrected chi connectivity index (χ3v) is 3.04. The van der Waals surface area contributed by atoms with Gasteiger partial charge in [-0.25, -0.2) is 0 Å². The molecule has 0 bridgehead atoms. The van der Waals surface area contributed by atoms with E-state index in [9.17, 15) is 0 Å². The van der Waals surface area contributed by atoms with Gasteiger partial charge in [-0.1, -0.05) is 11.6 Å². The summed E-state index contributed by atoms with van der Waals surface area (Å²) >= 11 is 0. The molecular formula is C12H24N2. The summed E-state index contributed by atoms with van der Waals surface area (Å²) in [5, 5.41) is 0. The van der Waals surface area contributed by atoms with Gasteiger partial charge in [0.15, 0.2) is 0 Å². The highest BCUT2D eigenvalue weighted by Crippen LogP contribution is 2.19. The number of rotatable bonds is 4. The van der Waals surface area contributed by atoms with Crippen LogP contribution in [0.25, 0.3) is 0 Å². The second-order valence-corrected chi connectivity index (χ2v) is 4.60. The van der Waals surface area contributed by atoms with E-state index in [0.29, 0.717) is 0 Å². The first-order chi connectivity index (χ1) is 6.72. The fraction of sp³-hybridized carbons (Fsp3) is 0.833. The molecule has 1 aliphatic rings. The van der Waals surface area contributed by atoms with Gasteiger partial charge in [0.25, 0.3) is 0 Å². The van der Waals surface area contributed by atoms with Crippen LogP contribution in [-0.4, -0.2) is 31.1 Å². The van der Waals surface area contributed by atoms with Crippen molar-refractivity contribution in [1.82, 2.24) is 4.90 Å². The lowest BCUT2D eigenvalue weighted by molar-refractivity contribution is 0.196. The lowest BCUT2D eigenvalue weighted by Gasteiger charge is -2.31. The van der Waals surface area contributed by atoms with Gasteiger partial charge in [-0.05, 0) is 58.7 Å². The van der Waals surface area contributed by atoms with E-state index in [2.05, 4.69) is 24.8 Å². The van der Waals surface area contributed by atoms with Crippen LogP contribution in [-0.2, 0) is 0 Å². The van der Waals surface area contributed by atoms with E-state index in [0.717, 1.165) is 19.0 Å². The largest absolute Gasteiger partial charge is 0.330 e. The first-order valence-electron chi connectivity index (χ1n) is 5.78. The second kappa shape index (κ2) is 6.20. The minimum Gasteiger partial charge on any atom is -0.330 e. The maximum Gasteiger partial charge on any atom is 0.0165 e. The van der Waals surface area contributed by atoms with Crippen molar-refractivity contribution in [1.29, 1.82) is 0 Å². The zero-order valence-electron chi connectivity index (χ0n) is 9.63. The van der Waals surface area contributed by atoms with Crippen LogP contribution in [0.3, 0.4) is 0 Å². The number of allylic oxidation sites excluding steroid dienone is 1. The van der Waals surface area contributed by atoms with Gasteiger partial charge < -0.3 is 5.73 Å². The molecule has 0 aliphatic carbocycles. The Morgan fingerprint density at radius 1 is 1.36 bits per heavy atom. The highest BCUT2D eigenvalue weighted by molar-refractivity contribution is 4.95. The van der Waals surface area contributed by atoms with Crippen LogP contribution in [0.4, 0.5) is 0 Å². The average Bonchev–Trinajstić information content (AvgIpc) is 2.17. The lowest BCUT2D eigenvalue weighted by Crippen LogP contribution is -2.34. The highest BCUT2D eigenvalue weighted by Gasteiger charge is 2.17. The van der Waals surface area contributed by atoms with E-state index in [1.165, 1.54) is 37.9 Å². The molecule has 2 N–H and O–H groups in total. The molecule has 82 valence electrons. The number of nitrogens with two attached hydrogens (primary N) is 1. The summed E-state index contributed by atoms with van der Waals surface area (Å²) < 4.78 is 0. The predicted molar refractivity (Wildman–Crippen MR) is 62.3 cm³/mol. The van der Waals surface area contributed by atoms with Crippen LogP contribution in [0.15, 0.2) is 11.6 Å². The molecule has 1 fully saturated rings. The number of likely N-dealkylation sites (tertiary alicyclic amines) is 1. The van der Waals surface area contributed by atoms with Gasteiger partial charge in [0.1, 0.15) is 0 Å². The van der Waals surface area contributed by atoms with Gasteiger partial charge >= 0.3 is 0 Å². The van der Waals surface area contributed by atoms with Crippen molar-refractivity contribution in [3.8, 4) is 0 Å². The topological polar surface area (TPSA) is 29.3 Å². The fourth-order valence-electron chi connectivity index (χ4n) is 2.01. The molecular weight excluding hydrogens is 172 g/mol. The monoisotopic (exact) mass is 196 g/mol. The SMILES string of the molecule is CC(C)=CCN1CCC(CCN)CC1.